The standard InChI is InChI=1S/C12H15ClN4O2/c13-9-7-8(12(1-2-12)10(14)18)15-11(16-9)17-3-5-19-6-4-17/h7H,1-6H2,(H2,14,18). The Hall–Kier alpha value is -1.40. The average molecular weight is 283 g/mol. The number of amides is 1. The summed E-state index contributed by atoms with van der Waals surface area (Å²) in [6.45, 7) is 2.74. The van der Waals surface area contributed by atoms with E-state index >= 15 is 0 Å². The summed E-state index contributed by atoms with van der Waals surface area (Å²) >= 11 is 6.05. The molecular weight excluding hydrogens is 268 g/mol. The third-order valence-electron chi connectivity index (χ3n) is 3.69. The molecule has 0 atom stereocenters. The molecule has 0 bridgehead atoms. The molecule has 2 fully saturated rings. The van der Waals surface area contributed by atoms with Gasteiger partial charge in [-0.3, -0.25) is 4.79 Å². The van der Waals surface area contributed by atoms with E-state index in [1.807, 2.05) is 4.90 Å². The van der Waals surface area contributed by atoms with Gasteiger partial charge >= 0.3 is 0 Å². The van der Waals surface area contributed by atoms with Gasteiger partial charge in [-0.15, -0.1) is 0 Å². The van der Waals surface area contributed by atoms with Crippen LogP contribution < -0.4 is 10.6 Å². The van der Waals surface area contributed by atoms with Gasteiger partial charge in [0.05, 0.1) is 24.3 Å². The number of morpholine rings is 1. The number of ether oxygens (including phenoxy) is 1. The zero-order chi connectivity index (χ0) is 13.5. The summed E-state index contributed by atoms with van der Waals surface area (Å²) in [6, 6.07) is 1.64. The van der Waals surface area contributed by atoms with Crippen LogP contribution in [0.5, 0.6) is 0 Å². The molecule has 0 unspecified atom stereocenters. The van der Waals surface area contributed by atoms with Gasteiger partial charge in [0.25, 0.3) is 0 Å². The van der Waals surface area contributed by atoms with Crippen molar-refractivity contribution in [1.82, 2.24) is 9.97 Å². The number of aromatic nitrogens is 2. The van der Waals surface area contributed by atoms with Crippen molar-refractivity contribution in [3.05, 3.63) is 16.9 Å². The Morgan fingerprint density at radius 3 is 2.63 bits per heavy atom. The fourth-order valence-corrected chi connectivity index (χ4v) is 2.49. The highest BCUT2D eigenvalue weighted by Crippen LogP contribution is 2.47. The molecule has 1 aliphatic carbocycles. The largest absolute Gasteiger partial charge is 0.378 e. The predicted molar refractivity (Wildman–Crippen MR) is 70.2 cm³/mol. The number of nitrogens with zero attached hydrogens (tertiary/aromatic N) is 3. The van der Waals surface area contributed by atoms with Crippen LogP contribution >= 0.6 is 11.6 Å². The van der Waals surface area contributed by atoms with Crippen molar-refractivity contribution < 1.29 is 9.53 Å². The molecule has 0 radical (unpaired) electrons. The molecule has 0 spiro atoms. The van der Waals surface area contributed by atoms with Crippen LogP contribution in [0.3, 0.4) is 0 Å². The molecular formula is C12H15ClN4O2. The van der Waals surface area contributed by atoms with E-state index in [4.69, 9.17) is 22.1 Å². The molecule has 0 aromatic carbocycles. The summed E-state index contributed by atoms with van der Waals surface area (Å²) < 4.78 is 5.30. The molecule has 7 heteroatoms. The first-order valence-electron chi connectivity index (χ1n) is 6.29. The molecule has 102 valence electrons. The first-order valence-corrected chi connectivity index (χ1v) is 6.67. The molecule has 1 saturated heterocycles. The number of nitrogens with two attached hydrogens (primary N) is 1. The molecule has 1 aromatic rings. The first kappa shape index (κ1) is 12.6. The van der Waals surface area contributed by atoms with E-state index in [-0.39, 0.29) is 5.91 Å². The van der Waals surface area contributed by atoms with Crippen LogP contribution in [-0.2, 0) is 14.9 Å². The van der Waals surface area contributed by atoms with Crippen LogP contribution in [0.2, 0.25) is 5.15 Å². The maximum atomic E-state index is 11.6. The Morgan fingerprint density at radius 1 is 1.37 bits per heavy atom. The molecule has 2 aliphatic rings. The lowest BCUT2D eigenvalue weighted by Gasteiger charge is -2.27. The minimum atomic E-state index is -0.631. The Balaban J connectivity index is 1.94. The first-order chi connectivity index (χ1) is 9.12. The van der Waals surface area contributed by atoms with Crippen LogP contribution in [-0.4, -0.2) is 42.2 Å². The summed E-state index contributed by atoms with van der Waals surface area (Å²) in [5, 5.41) is 0.346. The third kappa shape index (κ3) is 2.26. The van der Waals surface area contributed by atoms with E-state index in [0.717, 1.165) is 25.9 Å². The van der Waals surface area contributed by atoms with Crippen molar-refractivity contribution in [1.29, 1.82) is 0 Å². The van der Waals surface area contributed by atoms with Crippen molar-refractivity contribution in [3.63, 3.8) is 0 Å². The van der Waals surface area contributed by atoms with E-state index in [9.17, 15) is 4.79 Å². The topological polar surface area (TPSA) is 81.3 Å². The van der Waals surface area contributed by atoms with Gasteiger partial charge in [-0.25, -0.2) is 9.97 Å². The molecule has 1 aliphatic heterocycles. The van der Waals surface area contributed by atoms with Crippen molar-refractivity contribution in [2.75, 3.05) is 31.2 Å². The Bertz CT molecular complexity index is 512. The van der Waals surface area contributed by atoms with Gasteiger partial charge < -0.3 is 15.4 Å². The number of rotatable bonds is 3. The number of halogens is 1. The Morgan fingerprint density at radius 2 is 2.05 bits per heavy atom. The highest BCUT2D eigenvalue weighted by Gasteiger charge is 2.51. The fraction of sp³-hybridized carbons (Fsp3) is 0.583. The van der Waals surface area contributed by atoms with Crippen LogP contribution in [0, 0.1) is 0 Å². The highest BCUT2D eigenvalue weighted by atomic mass is 35.5. The van der Waals surface area contributed by atoms with E-state index < -0.39 is 5.41 Å². The van der Waals surface area contributed by atoms with Crippen LogP contribution in [0.4, 0.5) is 5.95 Å². The van der Waals surface area contributed by atoms with E-state index in [0.29, 0.717) is 30.0 Å². The molecule has 19 heavy (non-hydrogen) atoms. The maximum Gasteiger partial charge on any atom is 0.229 e. The lowest BCUT2D eigenvalue weighted by molar-refractivity contribution is -0.120. The number of hydrogen-bond acceptors (Lipinski definition) is 5. The number of hydrogen-bond donors (Lipinski definition) is 1. The monoisotopic (exact) mass is 282 g/mol. The smallest absolute Gasteiger partial charge is 0.229 e. The minimum Gasteiger partial charge on any atom is -0.378 e. The SMILES string of the molecule is NC(=O)C1(c2cc(Cl)nc(N3CCOCC3)n2)CC1. The quantitative estimate of drug-likeness (QED) is 0.816. The van der Waals surface area contributed by atoms with Crippen LogP contribution in [0.1, 0.15) is 18.5 Å². The zero-order valence-corrected chi connectivity index (χ0v) is 11.2. The second-order valence-corrected chi connectivity index (χ2v) is 5.31. The minimum absolute atomic E-state index is 0.338. The van der Waals surface area contributed by atoms with Gasteiger partial charge in [-0.1, -0.05) is 11.6 Å². The molecule has 6 nitrogen and oxygen atoms in total. The van der Waals surface area contributed by atoms with E-state index in [1.54, 1.807) is 6.07 Å². The number of carbonyl (C=O) groups is 1. The maximum absolute atomic E-state index is 11.6. The molecule has 1 amide bonds. The normalized spacial score (nSPS) is 21.2. The van der Waals surface area contributed by atoms with Gasteiger partial charge in [-0.05, 0) is 18.9 Å². The lowest BCUT2D eigenvalue weighted by Crippen LogP contribution is -2.38. The predicted octanol–water partition coefficient (Wildman–Crippen LogP) is 0.483. The van der Waals surface area contributed by atoms with Crippen molar-refractivity contribution in [2.24, 2.45) is 5.73 Å². The number of carbonyl (C=O) groups excluding carboxylic acids is 1. The number of anilines is 1. The van der Waals surface area contributed by atoms with Crippen molar-refractivity contribution in [3.8, 4) is 0 Å². The van der Waals surface area contributed by atoms with E-state index in [2.05, 4.69) is 9.97 Å². The van der Waals surface area contributed by atoms with Gasteiger partial charge in [0.15, 0.2) is 0 Å². The average Bonchev–Trinajstić information content (AvgIpc) is 3.20. The Labute approximate surface area is 115 Å². The molecule has 2 N–H and O–H groups in total. The van der Waals surface area contributed by atoms with Gasteiger partial charge in [0, 0.05) is 13.1 Å². The zero-order valence-electron chi connectivity index (χ0n) is 10.4. The van der Waals surface area contributed by atoms with Gasteiger partial charge in [-0.2, -0.15) is 0 Å². The molecule has 1 saturated carbocycles. The van der Waals surface area contributed by atoms with Crippen molar-refractivity contribution >= 4 is 23.5 Å². The number of primary amides is 1. The molecule has 2 heterocycles. The summed E-state index contributed by atoms with van der Waals surface area (Å²) in [6.07, 6.45) is 1.47. The van der Waals surface area contributed by atoms with E-state index in [1.165, 1.54) is 0 Å². The second-order valence-electron chi connectivity index (χ2n) is 4.92. The lowest BCUT2D eigenvalue weighted by atomic mass is 10.0. The third-order valence-corrected chi connectivity index (χ3v) is 3.88. The summed E-state index contributed by atoms with van der Waals surface area (Å²) in [4.78, 5) is 22.3. The fourth-order valence-electron chi connectivity index (χ4n) is 2.31. The van der Waals surface area contributed by atoms with Crippen LogP contribution in [0.25, 0.3) is 0 Å². The van der Waals surface area contributed by atoms with Gasteiger partial charge in [0.2, 0.25) is 11.9 Å². The highest BCUT2D eigenvalue weighted by molar-refractivity contribution is 6.29. The van der Waals surface area contributed by atoms with Gasteiger partial charge in [0.1, 0.15) is 5.15 Å². The van der Waals surface area contributed by atoms with Crippen molar-refractivity contribution in [2.45, 2.75) is 18.3 Å². The molecule has 1 aromatic heterocycles. The summed E-state index contributed by atoms with van der Waals surface area (Å²) in [5.74, 6) is 0.216. The second kappa shape index (κ2) is 4.61. The Kier molecular flexibility index (Phi) is 3.06. The summed E-state index contributed by atoms with van der Waals surface area (Å²) in [7, 11) is 0. The van der Waals surface area contributed by atoms with Crippen LogP contribution in [0.15, 0.2) is 6.07 Å². The molecule has 3 rings (SSSR count). The summed E-state index contributed by atoms with van der Waals surface area (Å²) in [5.41, 5.74) is 5.48.